The van der Waals surface area contributed by atoms with Gasteiger partial charge in [0.05, 0.1) is 5.75 Å². The Hall–Kier alpha value is -0.680. The minimum Gasteiger partial charge on any atom is -0.353 e. The Morgan fingerprint density at radius 3 is 2.68 bits per heavy atom. The SMILES string of the molecule is CC(C)=CCN1CCC(NC(=O)CSCc2ccc(Cl)cc2Cl)CC1. The number of carbonyl (C=O) groups is 1. The lowest BCUT2D eigenvalue weighted by atomic mass is 10.0. The van der Waals surface area contributed by atoms with Crippen LogP contribution in [0.2, 0.25) is 10.0 Å². The molecule has 1 amide bonds. The van der Waals surface area contributed by atoms with Crippen LogP contribution in [0.1, 0.15) is 32.3 Å². The van der Waals surface area contributed by atoms with E-state index in [4.69, 9.17) is 23.2 Å². The van der Waals surface area contributed by atoms with Crippen LogP contribution < -0.4 is 5.32 Å². The largest absolute Gasteiger partial charge is 0.353 e. The summed E-state index contributed by atoms with van der Waals surface area (Å²) in [7, 11) is 0. The summed E-state index contributed by atoms with van der Waals surface area (Å²) in [5.41, 5.74) is 2.37. The van der Waals surface area contributed by atoms with Crippen molar-refractivity contribution < 1.29 is 4.79 Å². The topological polar surface area (TPSA) is 32.3 Å². The van der Waals surface area contributed by atoms with Crippen LogP contribution in [0, 0.1) is 0 Å². The Kier molecular flexibility index (Phi) is 8.63. The average molecular weight is 401 g/mol. The predicted octanol–water partition coefficient (Wildman–Crippen LogP) is 4.77. The van der Waals surface area contributed by atoms with Crippen molar-refractivity contribution in [3.05, 3.63) is 45.5 Å². The quantitative estimate of drug-likeness (QED) is 0.668. The van der Waals surface area contributed by atoms with Gasteiger partial charge in [-0.05, 0) is 44.4 Å². The van der Waals surface area contributed by atoms with Crippen molar-refractivity contribution in [2.45, 2.75) is 38.5 Å². The first-order chi connectivity index (χ1) is 11.9. The van der Waals surface area contributed by atoms with Gasteiger partial charge in [-0.1, -0.05) is 40.9 Å². The molecule has 1 saturated heterocycles. The number of likely N-dealkylation sites (tertiary alicyclic amines) is 1. The fourth-order valence-corrected chi connectivity index (χ4v) is 4.13. The van der Waals surface area contributed by atoms with Gasteiger partial charge in [-0.15, -0.1) is 11.8 Å². The Morgan fingerprint density at radius 1 is 1.32 bits per heavy atom. The van der Waals surface area contributed by atoms with Crippen LogP contribution >= 0.6 is 35.0 Å². The lowest BCUT2D eigenvalue weighted by Crippen LogP contribution is -2.45. The summed E-state index contributed by atoms with van der Waals surface area (Å²) in [5.74, 6) is 1.28. The summed E-state index contributed by atoms with van der Waals surface area (Å²) in [6, 6.07) is 5.78. The lowest BCUT2D eigenvalue weighted by molar-refractivity contribution is -0.119. The lowest BCUT2D eigenvalue weighted by Gasteiger charge is -2.31. The van der Waals surface area contributed by atoms with E-state index in [2.05, 4.69) is 30.1 Å². The molecule has 1 heterocycles. The molecule has 1 N–H and O–H groups in total. The molecular formula is C19H26Cl2N2OS. The van der Waals surface area contributed by atoms with Crippen molar-refractivity contribution >= 4 is 40.9 Å². The van der Waals surface area contributed by atoms with Crippen LogP contribution in [-0.4, -0.2) is 42.2 Å². The average Bonchev–Trinajstić information content (AvgIpc) is 2.56. The molecule has 1 aliphatic heterocycles. The molecule has 0 spiro atoms. The molecule has 0 aromatic heterocycles. The molecule has 1 fully saturated rings. The van der Waals surface area contributed by atoms with Gasteiger partial charge in [0, 0.05) is 41.5 Å². The van der Waals surface area contributed by atoms with Crippen LogP contribution in [0.15, 0.2) is 29.8 Å². The molecule has 0 atom stereocenters. The summed E-state index contributed by atoms with van der Waals surface area (Å²) in [4.78, 5) is 14.6. The van der Waals surface area contributed by atoms with E-state index in [1.54, 1.807) is 17.8 Å². The molecule has 0 aliphatic carbocycles. The molecule has 0 unspecified atom stereocenters. The Bertz CT molecular complexity index is 609. The number of piperidine rings is 1. The smallest absolute Gasteiger partial charge is 0.230 e. The molecule has 3 nitrogen and oxygen atoms in total. The Labute approximate surface area is 165 Å². The van der Waals surface area contributed by atoms with Gasteiger partial charge < -0.3 is 5.32 Å². The number of thioether (sulfide) groups is 1. The molecule has 25 heavy (non-hydrogen) atoms. The van der Waals surface area contributed by atoms with E-state index in [9.17, 15) is 4.79 Å². The van der Waals surface area contributed by atoms with Gasteiger partial charge in [0.2, 0.25) is 5.91 Å². The first-order valence-electron chi connectivity index (χ1n) is 8.61. The second kappa shape index (κ2) is 10.5. The molecular weight excluding hydrogens is 375 g/mol. The van der Waals surface area contributed by atoms with Crippen LogP contribution in [-0.2, 0) is 10.5 Å². The molecule has 6 heteroatoms. The molecule has 1 aromatic rings. The first kappa shape index (κ1) is 20.6. The highest BCUT2D eigenvalue weighted by Crippen LogP contribution is 2.24. The zero-order valence-corrected chi connectivity index (χ0v) is 17.2. The highest BCUT2D eigenvalue weighted by molar-refractivity contribution is 7.99. The third-order valence-electron chi connectivity index (χ3n) is 4.22. The molecule has 0 radical (unpaired) electrons. The Morgan fingerprint density at radius 2 is 2.04 bits per heavy atom. The van der Waals surface area contributed by atoms with Crippen LogP contribution in [0.3, 0.4) is 0 Å². The first-order valence-corrected chi connectivity index (χ1v) is 10.5. The summed E-state index contributed by atoms with van der Waals surface area (Å²) in [5, 5.41) is 4.45. The van der Waals surface area contributed by atoms with E-state index in [0.29, 0.717) is 27.6 Å². The van der Waals surface area contributed by atoms with Crippen molar-refractivity contribution in [3.63, 3.8) is 0 Å². The zero-order valence-electron chi connectivity index (χ0n) is 14.9. The van der Waals surface area contributed by atoms with Crippen LogP contribution in [0.4, 0.5) is 0 Å². The van der Waals surface area contributed by atoms with Gasteiger partial charge >= 0.3 is 0 Å². The predicted molar refractivity (Wildman–Crippen MR) is 110 cm³/mol. The summed E-state index contributed by atoms with van der Waals surface area (Å²) < 4.78 is 0. The number of allylic oxidation sites excluding steroid dienone is 1. The number of hydrogen-bond donors (Lipinski definition) is 1. The second-order valence-corrected chi connectivity index (χ2v) is 8.48. The van der Waals surface area contributed by atoms with Crippen molar-refractivity contribution in [3.8, 4) is 0 Å². The molecule has 0 bridgehead atoms. The van der Waals surface area contributed by atoms with Crippen molar-refractivity contribution in [1.29, 1.82) is 0 Å². The third kappa shape index (κ3) is 7.61. The van der Waals surface area contributed by atoms with E-state index in [1.165, 1.54) is 5.57 Å². The number of carbonyl (C=O) groups excluding carboxylic acids is 1. The maximum Gasteiger partial charge on any atom is 0.230 e. The number of benzene rings is 1. The number of hydrogen-bond acceptors (Lipinski definition) is 3. The Balaban J connectivity index is 1.65. The number of amides is 1. The summed E-state index contributed by atoms with van der Waals surface area (Å²) >= 11 is 13.6. The van der Waals surface area contributed by atoms with Crippen LogP contribution in [0.25, 0.3) is 0 Å². The number of nitrogens with one attached hydrogen (secondary N) is 1. The molecule has 2 rings (SSSR count). The second-order valence-electron chi connectivity index (χ2n) is 6.65. The fourth-order valence-electron chi connectivity index (χ4n) is 2.73. The highest BCUT2D eigenvalue weighted by Gasteiger charge is 2.19. The van der Waals surface area contributed by atoms with E-state index in [1.807, 2.05) is 12.1 Å². The molecule has 1 aromatic carbocycles. The monoisotopic (exact) mass is 400 g/mol. The van der Waals surface area contributed by atoms with Gasteiger partial charge in [-0.3, -0.25) is 9.69 Å². The van der Waals surface area contributed by atoms with Crippen molar-refractivity contribution in [2.24, 2.45) is 0 Å². The van der Waals surface area contributed by atoms with E-state index in [0.717, 1.165) is 38.0 Å². The third-order valence-corrected chi connectivity index (χ3v) is 5.78. The fraction of sp³-hybridized carbons (Fsp3) is 0.526. The number of halogens is 2. The van der Waals surface area contributed by atoms with Gasteiger partial charge in [-0.2, -0.15) is 0 Å². The molecule has 138 valence electrons. The van der Waals surface area contributed by atoms with Crippen molar-refractivity contribution in [1.82, 2.24) is 10.2 Å². The minimum absolute atomic E-state index is 0.109. The van der Waals surface area contributed by atoms with Gasteiger partial charge in [0.1, 0.15) is 0 Å². The minimum atomic E-state index is 0.109. The van der Waals surface area contributed by atoms with Crippen LogP contribution in [0.5, 0.6) is 0 Å². The highest BCUT2D eigenvalue weighted by atomic mass is 35.5. The summed E-state index contributed by atoms with van der Waals surface area (Å²) in [6.45, 7) is 7.36. The van der Waals surface area contributed by atoms with E-state index >= 15 is 0 Å². The maximum atomic E-state index is 12.1. The summed E-state index contributed by atoms with van der Waals surface area (Å²) in [6.07, 6.45) is 4.31. The van der Waals surface area contributed by atoms with E-state index < -0.39 is 0 Å². The molecule has 1 aliphatic rings. The van der Waals surface area contributed by atoms with Gasteiger partial charge in [-0.25, -0.2) is 0 Å². The number of nitrogens with zero attached hydrogens (tertiary/aromatic N) is 1. The van der Waals surface area contributed by atoms with E-state index in [-0.39, 0.29) is 5.91 Å². The number of rotatable bonds is 7. The van der Waals surface area contributed by atoms with Gasteiger partial charge in [0.15, 0.2) is 0 Å². The van der Waals surface area contributed by atoms with Crippen molar-refractivity contribution in [2.75, 3.05) is 25.4 Å². The molecule has 0 saturated carbocycles. The standard InChI is InChI=1S/C19H26Cl2N2OS/c1-14(2)5-8-23-9-6-17(7-10-23)22-19(24)13-25-12-15-3-4-16(20)11-18(15)21/h3-5,11,17H,6-10,12-13H2,1-2H3,(H,22,24). The maximum absolute atomic E-state index is 12.1. The normalized spacial score (nSPS) is 15.8. The zero-order chi connectivity index (χ0) is 18.2. The van der Waals surface area contributed by atoms with Gasteiger partial charge in [0.25, 0.3) is 0 Å².